The molecule has 0 fully saturated rings. The number of hydrogen-bond donors (Lipinski definition) is 4. The minimum absolute atomic E-state index is 0.113. The van der Waals surface area contributed by atoms with Gasteiger partial charge in [0.05, 0.1) is 0 Å². The zero-order valence-corrected chi connectivity index (χ0v) is 10.3. The Morgan fingerprint density at radius 1 is 0.800 bits per heavy atom. The highest BCUT2D eigenvalue weighted by molar-refractivity contribution is 6.05. The fraction of sp³-hybridized carbons (Fsp3) is 0. The van der Waals surface area contributed by atoms with Crippen LogP contribution in [0.15, 0.2) is 48.5 Å². The van der Waals surface area contributed by atoms with Crippen LogP contribution in [0.5, 0.6) is 5.75 Å². The summed E-state index contributed by atoms with van der Waals surface area (Å²) in [4.78, 5) is 23.1. The largest absolute Gasteiger partial charge is 0.508 e. The maximum atomic E-state index is 11.9. The van der Waals surface area contributed by atoms with Gasteiger partial charge in [-0.3, -0.25) is 14.8 Å². The third-order valence-corrected chi connectivity index (χ3v) is 2.64. The minimum atomic E-state index is -0.643. The van der Waals surface area contributed by atoms with Gasteiger partial charge in [0.1, 0.15) is 5.75 Å². The van der Waals surface area contributed by atoms with E-state index in [1.54, 1.807) is 12.1 Å². The van der Waals surface area contributed by atoms with Gasteiger partial charge in [-0.15, -0.1) is 0 Å². The van der Waals surface area contributed by atoms with Crippen LogP contribution in [0.1, 0.15) is 20.7 Å². The van der Waals surface area contributed by atoms with Gasteiger partial charge in [-0.25, -0.2) is 5.48 Å². The lowest BCUT2D eigenvalue weighted by Gasteiger charge is -2.06. The fourth-order valence-corrected chi connectivity index (χ4v) is 1.59. The number of amides is 2. The molecule has 0 aromatic heterocycles. The molecule has 2 aromatic carbocycles. The van der Waals surface area contributed by atoms with Crippen molar-refractivity contribution in [3.63, 3.8) is 0 Å². The van der Waals surface area contributed by atoms with Gasteiger partial charge < -0.3 is 10.4 Å². The lowest BCUT2D eigenvalue weighted by Crippen LogP contribution is -2.19. The zero-order valence-electron chi connectivity index (χ0n) is 10.3. The molecule has 0 heterocycles. The smallest absolute Gasteiger partial charge is 0.274 e. The summed E-state index contributed by atoms with van der Waals surface area (Å²) in [6.07, 6.45) is 0. The third kappa shape index (κ3) is 3.12. The monoisotopic (exact) mass is 272 g/mol. The molecule has 0 aliphatic rings. The normalized spacial score (nSPS) is 9.85. The highest BCUT2D eigenvalue weighted by Gasteiger charge is 2.08. The molecule has 0 saturated carbocycles. The number of anilines is 1. The van der Waals surface area contributed by atoms with E-state index in [0.29, 0.717) is 11.3 Å². The molecule has 0 atom stereocenters. The number of hydrogen-bond acceptors (Lipinski definition) is 4. The van der Waals surface area contributed by atoms with Gasteiger partial charge in [0.25, 0.3) is 11.8 Å². The number of carbonyl (C=O) groups is 2. The summed E-state index contributed by atoms with van der Waals surface area (Å²) in [6.45, 7) is 0. The Morgan fingerprint density at radius 3 is 1.80 bits per heavy atom. The highest BCUT2D eigenvalue weighted by Crippen LogP contribution is 2.15. The van der Waals surface area contributed by atoms with Crippen molar-refractivity contribution in [3.8, 4) is 5.75 Å². The molecule has 0 aliphatic heterocycles. The first-order valence-corrected chi connectivity index (χ1v) is 5.75. The van der Waals surface area contributed by atoms with E-state index >= 15 is 0 Å². The van der Waals surface area contributed by atoms with Crippen molar-refractivity contribution >= 4 is 17.5 Å². The van der Waals surface area contributed by atoms with E-state index in [1.165, 1.54) is 41.9 Å². The number of phenols is 1. The average molecular weight is 272 g/mol. The van der Waals surface area contributed by atoms with E-state index in [9.17, 15) is 9.59 Å². The molecule has 4 N–H and O–H groups in total. The van der Waals surface area contributed by atoms with E-state index in [4.69, 9.17) is 10.3 Å². The van der Waals surface area contributed by atoms with Crippen molar-refractivity contribution in [2.24, 2.45) is 0 Å². The Morgan fingerprint density at radius 2 is 1.30 bits per heavy atom. The summed E-state index contributed by atoms with van der Waals surface area (Å²) in [5.74, 6) is -0.871. The van der Waals surface area contributed by atoms with Crippen molar-refractivity contribution in [2.75, 3.05) is 5.32 Å². The van der Waals surface area contributed by atoms with Crippen LogP contribution in [-0.4, -0.2) is 22.1 Å². The molecule has 0 bridgehead atoms. The number of aromatic hydroxyl groups is 1. The molecule has 0 aliphatic carbocycles. The molecule has 0 saturated heterocycles. The maximum absolute atomic E-state index is 11.9. The van der Waals surface area contributed by atoms with Gasteiger partial charge in [-0.2, -0.15) is 0 Å². The van der Waals surface area contributed by atoms with Crippen molar-refractivity contribution in [2.45, 2.75) is 0 Å². The van der Waals surface area contributed by atoms with Gasteiger partial charge in [0.15, 0.2) is 0 Å². The molecule has 0 radical (unpaired) electrons. The van der Waals surface area contributed by atoms with E-state index in [1.807, 2.05) is 0 Å². The van der Waals surface area contributed by atoms with Crippen LogP contribution in [0, 0.1) is 0 Å². The first kappa shape index (κ1) is 13.6. The molecule has 20 heavy (non-hydrogen) atoms. The summed E-state index contributed by atoms with van der Waals surface area (Å²) in [7, 11) is 0. The summed E-state index contributed by atoms with van der Waals surface area (Å²) in [6, 6.07) is 11.9. The molecule has 2 rings (SSSR count). The summed E-state index contributed by atoms with van der Waals surface area (Å²) >= 11 is 0. The van der Waals surface area contributed by atoms with Gasteiger partial charge in [-0.05, 0) is 48.5 Å². The molecule has 2 amide bonds. The summed E-state index contributed by atoms with van der Waals surface area (Å²) in [5, 5.41) is 20.3. The van der Waals surface area contributed by atoms with E-state index in [0.717, 1.165) is 0 Å². The molecule has 6 nitrogen and oxygen atoms in total. The topological polar surface area (TPSA) is 98.7 Å². The lowest BCUT2D eigenvalue weighted by molar-refractivity contribution is 0.0706. The second-order valence-corrected chi connectivity index (χ2v) is 4.02. The summed E-state index contributed by atoms with van der Waals surface area (Å²) < 4.78 is 0. The number of nitrogens with one attached hydrogen (secondary N) is 2. The maximum Gasteiger partial charge on any atom is 0.274 e. The molecule has 6 heteroatoms. The Balaban J connectivity index is 2.09. The fourth-order valence-electron chi connectivity index (χ4n) is 1.59. The summed E-state index contributed by atoms with van der Waals surface area (Å²) in [5.41, 5.74) is 2.67. The molecule has 2 aromatic rings. The van der Waals surface area contributed by atoms with Crippen molar-refractivity contribution in [1.29, 1.82) is 0 Å². The number of hydroxylamine groups is 1. The van der Waals surface area contributed by atoms with Crippen LogP contribution in [0.2, 0.25) is 0 Å². The zero-order chi connectivity index (χ0) is 14.5. The molecule has 102 valence electrons. The Bertz CT molecular complexity index is 621. The number of phenolic OH excluding ortho intramolecular Hbond substituents is 1. The molecule has 0 unspecified atom stereocenters. The minimum Gasteiger partial charge on any atom is -0.508 e. The predicted octanol–water partition coefficient (Wildman–Crippen LogP) is 1.76. The predicted molar refractivity (Wildman–Crippen MR) is 71.8 cm³/mol. The highest BCUT2D eigenvalue weighted by atomic mass is 16.5. The van der Waals surface area contributed by atoms with Crippen LogP contribution >= 0.6 is 0 Å². The first-order chi connectivity index (χ1) is 9.60. The number of rotatable bonds is 3. The number of benzene rings is 2. The van der Waals surface area contributed by atoms with Crippen molar-refractivity contribution in [3.05, 3.63) is 59.7 Å². The molecule has 0 spiro atoms. The van der Waals surface area contributed by atoms with Gasteiger partial charge in [0.2, 0.25) is 0 Å². The van der Waals surface area contributed by atoms with Crippen LogP contribution < -0.4 is 10.8 Å². The third-order valence-electron chi connectivity index (χ3n) is 2.64. The Kier molecular flexibility index (Phi) is 3.97. The van der Waals surface area contributed by atoms with Gasteiger partial charge in [0, 0.05) is 16.8 Å². The van der Waals surface area contributed by atoms with Crippen LogP contribution in [0.4, 0.5) is 5.69 Å². The first-order valence-electron chi connectivity index (χ1n) is 5.75. The van der Waals surface area contributed by atoms with Crippen LogP contribution in [-0.2, 0) is 0 Å². The lowest BCUT2D eigenvalue weighted by atomic mass is 10.1. The molecular weight excluding hydrogens is 260 g/mol. The Labute approximate surface area is 114 Å². The van der Waals surface area contributed by atoms with E-state index < -0.39 is 5.91 Å². The second-order valence-electron chi connectivity index (χ2n) is 4.02. The SMILES string of the molecule is O=C(NO)c1ccc(C(=O)Nc2ccc(O)cc2)cc1. The Hall–Kier alpha value is -2.86. The van der Waals surface area contributed by atoms with Crippen LogP contribution in [0.3, 0.4) is 0 Å². The van der Waals surface area contributed by atoms with E-state index in [-0.39, 0.29) is 17.2 Å². The standard InChI is InChI=1S/C14H12N2O4/c17-12-7-5-11(6-8-12)15-13(18)9-1-3-10(4-2-9)14(19)16-20/h1-8,17,20H,(H,15,18)(H,16,19). The van der Waals surface area contributed by atoms with Crippen molar-refractivity contribution < 1.29 is 19.9 Å². The quantitative estimate of drug-likeness (QED) is 0.389. The number of carbonyl (C=O) groups excluding carboxylic acids is 2. The van der Waals surface area contributed by atoms with Gasteiger partial charge in [-0.1, -0.05) is 0 Å². The van der Waals surface area contributed by atoms with E-state index in [2.05, 4.69) is 5.32 Å². The second kappa shape index (κ2) is 5.85. The molecular formula is C14H12N2O4. The van der Waals surface area contributed by atoms with Gasteiger partial charge >= 0.3 is 0 Å². The van der Waals surface area contributed by atoms with Crippen LogP contribution in [0.25, 0.3) is 0 Å². The average Bonchev–Trinajstić information content (AvgIpc) is 2.49. The van der Waals surface area contributed by atoms with Crippen molar-refractivity contribution in [1.82, 2.24) is 5.48 Å².